The smallest absolute Gasteiger partial charge is 0.416 e. The summed E-state index contributed by atoms with van der Waals surface area (Å²) >= 11 is 3.04. The van der Waals surface area contributed by atoms with Crippen molar-refractivity contribution in [3.05, 3.63) is 176 Å². The predicted octanol–water partition coefficient (Wildman–Crippen LogP) is 13.2. The first kappa shape index (κ1) is 42.7. The number of methoxy groups -OCH3 is 1. The first-order valence-electron chi connectivity index (χ1n) is 18.6. The minimum Gasteiger partial charge on any atom is -0.478 e. The zero-order valence-corrected chi connectivity index (χ0v) is 34.2. The number of ether oxygens (including phenoxy) is 1. The number of thiophene rings is 2. The number of alkyl halides is 6. The van der Waals surface area contributed by atoms with Crippen LogP contribution in [0.2, 0.25) is 0 Å². The number of aromatic carboxylic acids is 1. The fraction of sp³-hybridized carbons (Fsp3) is 0.149. The minimum absolute atomic E-state index is 0.148. The molecule has 0 saturated heterocycles. The molecule has 0 radical (unpaired) electrons. The van der Waals surface area contributed by atoms with Gasteiger partial charge in [-0.2, -0.15) is 26.3 Å². The Labute approximate surface area is 353 Å². The summed E-state index contributed by atoms with van der Waals surface area (Å²) in [7, 11) is 1.33. The molecule has 0 fully saturated rings. The summed E-state index contributed by atoms with van der Waals surface area (Å²) in [4.78, 5) is 33.9. The topological polar surface area (TPSA) is 89.4 Å². The Morgan fingerprint density at radius 2 is 1.03 bits per heavy atom. The number of pyridine rings is 2. The highest BCUT2D eigenvalue weighted by Crippen LogP contribution is 2.41. The number of carboxylic acid groups (broad SMARTS) is 1. The molecule has 4 aromatic carbocycles. The molecule has 14 heteroatoms. The summed E-state index contributed by atoms with van der Waals surface area (Å²) in [5.41, 5.74) is 5.34. The van der Waals surface area contributed by atoms with Crippen LogP contribution >= 0.6 is 22.7 Å². The molecule has 0 amide bonds. The Kier molecular flexibility index (Phi) is 12.1. The van der Waals surface area contributed by atoms with Crippen LogP contribution in [-0.2, 0) is 29.9 Å². The minimum atomic E-state index is -4.38. The average molecular weight is 869 g/mol. The van der Waals surface area contributed by atoms with Crippen LogP contribution in [0.15, 0.2) is 122 Å². The molecule has 8 rings (SSSR count). The number of hydrogen-bond acceptors (Lipinski definition) is 7. The molecule has 0 aliphatic rings. The molecule has 6 nitrogen and oxygen atoms in total. The van der Waals surface area contributed by atoms with Crippen LogP contribution in [0.3, 0.4) is 0 Å². The normalized spacial score (nSPS) is 11.7. The van der Waals surface area contributed by atoms with E-state index in [0.717, 1.165) is 64.3 Å². The van der Waals surface area contributed by atoms with Gasteiger partial charge in [0, 0.05) is 55.5 Å². The Morgan fingerprint density at radius 1 is 0.607 bits per heavy atom. The van der Waals surface area contributed by atoms with Gasteiger partial charge < -0.3 is 9.84 Å². The van der Waals surface area contributed by atoms with Crippen molar-refractivity contribution in [2.45, 2.75) is 39.0 Å². The number of aryl methyl sites for hydroxylation is 2. The van der Waals surface area contributed by atoms with E-state index in [9.17, 15) is 41.0 Å². The van der Waals surface area contributed by atoms with Gasteiger partial charge >= 0.3 is 24.3 Å². The molecule has 1 N–H and O–H groups in total. The lowest BCUT2D eigenvalue weighted by Gasteiger charge is -2.08. The van der Waals surface area contributed by atoms with Crippen molar-refractivity contribution in [2.75, 3.05) is 7.11 Å². The summed E-state index contributed by atoms with van der Waals surface area (Å²) in [6.45, 7) is 3.93. The number of aromatic nitrogens is 2. The molecule has 4 aromatic heterocycles. The summed E-state index contributed by atoms with van der Waals surface area (Å²) in [5.74, 6) is -1.47. The highest BCUT2D eigenvalue weighted by Gasteiger charge is 2.31. The van der Waals surface area contributed by atoms with Gasteiger partial charge in [0.15, 0.2) is 0 Å². The van der Waals surface area contributed by atoms with Crippen molar-refractivity contribution in [1.29, 1.82) is 0 Å². The van der Waals surface area contributed by atoms with Crippen LogP contribution in [0.4, 0.5) is 26.3 Å². The maximum absolute atomic E-state index is 13.1. The summed E-state index contributed by atoms with van der Waals surface area (Å²) in [6.07, 6.45) is -4.93. The van der Waals surface area contributed by atoms with Crippen molar-refractivity contribution in [3.63, 3.8) is 0 Å². The fourth-order valence-electron chi connectivity index (χ4n) is 6.94. The molecule has 0 saturated carbocycles. The Hall–Kier alpha value is -6.38. The zero-order chi connectivity index (χ0) is 43.6. The molecule has 0 atom stereocenters. The third-order valence-corrected chi connectivity index (χ3v) is 12.8. The fourth-order valence-corrected chi connectivity index (χ4v) is 9.67. The largest absolute Gasteiger partial charge is 0.478 e. The van der Waals surface area contributed by atoms with Gasteiger partial charge in [0.25, 0.3) is 0 Å². The van der Waals surface area contributed by atoms with E-state index in [2.05, 4.69) is 9.97 Å². The van der Waals surface area contributed by atoms with Crippen LogP contribution in [0.1, 0.15) is 63.9 Å². The molecule has 0 aliphatic carbocycles. The van der Waals surface area contributed by atoms with Gasteiger partial charge in [-0.15, -0.1) is 22.7 Å². The van der Waals surface area contributed by atoms with Crippen LogP contribution in [-0.4, -0.2) is 34.1 Å². The van der Waals surface area contributed by atoms with Crippen molar-refractivity contribution in [3.8, 4) is 22.5 Å². The number of benzene rings is 4. The molecule has 8 aromatic rings. The Balaban J connectivity index is 0.000000184. The SMILES string of the molecule is COC(=O)c1ccnc(-c2cccc3c(C)c(Cc4cccc(C(F)(F)F)c4)sc23)c1.Cc1c(Cc2cccc(C(F)(F)F)c2)sc2c(-c3cc(C(=O)O)ccn3)cccc12. The Bertz CT molecular complexity index is 2930. The molecule has 0 aliphatic heterocycles. The van der Waals surface area contributed by atoms with Gasteiger partial charge in [-0.3, -0.25) is 9.97 Å². The van der Waals surface area contributed by atoms with Crippen molar-refractivity contribution < 1.29 is 45.8 Å². The molecular weight excluding hydrogens is 835 g/mol. The van der Waals surface area contributed by atoms with Gasteiger partial charge in [-0.25, -0.2) is 9.59 Å². The van der Waals surface area contributed by atoms with Gasteiger partial charge in [0.1, 0.15) is 0 Å². The third-order valence-electron chi connectivity index (χ3n) is 10.1. The van der Waals surface area contributed by atoms with E-state index < -0.39 is 35.4 Å². The van der Waals surface area contributed by atoms with E-state index in [0.29, 0.717) is 40.9 Å². The number of fused-ring (bicyclic) bond motifs is 2. The first-order valence-corrected chi connectivity index (χ1v) is 20.2. The summed E-state index contributed by atoms with van der Waals surface area (Å²) < 4.78 is 85.0. The van der Waals surface area contributed by atoms with Crippen molar-refractivity contribution in [2.24, 2.45) is 0 Å². The second-order valence-corrected chi connectivity index (χ2v) is 16.3. The number of carbonyl (C=O) groups is 2. The highest BCUT2D eigenvalue weighted by atomic mass is 32.1. The van der Waals surface area contributed by atoms with E-state index in [4.69, 9.17) is 4.74 Å². The van der Waals surface area contributed by atoms with Gasteiger partial charge in [0.05, 0.1) is 40.8 Å². The molecule has 0 spiro atoms. The van der Waals surface area contributed by atoms with Gasteiger partial charge in [-0.05, 0) is 83.3 Å². The predicted molar refractivity (Wildman–Crippen MR) is 226 cm³/mol. The number of esters is 1. The molecule has 310 valence electrons. The van der Waals surface area contributed by atoms with Crippen molar-refractivity contribution >= 4 is 54.8 Å². The Morgan fingerprint density at radius 3 is 1.46 bits per heavy atom. The van der Waals surface area contributed by atoms with Gasteiger partial charge in [-0.1, -0.05) is 72.8 Å². The summed E-state index contributed by atoms with van der Waals surface area (Å²) in [5, 5.41) is 11.3. The standard InChI is InChI=1S/C24H18F3NO2S.C23H16F3NO2S/c1-14-18-7-4-8-19(20-13-16(9-10-28-20)23(29)30-2)22(18)31-21(14)12-15-5-3-6-17(11-15)24(25,26)27;1-13-17-6-3-7-18(19-12-15(22(28)29)8-9-27-19)21(17)30-20(13)11-14-4-2-5-16(10-14)23(24,25)26/h3-11,13H,12H2,1-2H3;2-10,12H,11H2,1H3,(H,28,29). The van der Waals surface area contributed by atoms with E-state index in [1.807, 2.05) is 50.2 Å². The van der Waals surface area contributed by atoms with Gasteiger partial charge in [0.2, 0.25) is 0 Å². The van der Waals surface area contributed by atoms with Crippen LogP contribution in [0.25, 0.3) is 42.7 Å². The number of rotatable bonds is 8. The lowest BCUT2D eigenvalue weighted by molar-refractivity contribution is -0.138. The second-order valence-electron chi connectivity index (χ2n) is 14.1. The third kappa shape index (κ3) is 9.35. The average Bonchev–Trinajstić information content (AvgIpc) is 3.74. The van der Waals surface area contributed by atoms with Crippen LogP contribution in [0.5, 0.6) is 0 Å². The maximum Gasteiger partial charge on any atom is 0.416 e. The number of nitrogens with zero attached hydrogens (tertiary/aromatic N) is 2. The van der Waals surface area contributed by atoms with E-state index in [1.54, 1.807) is 30.5 Å². The number of carboxylic acids is 1. The van der Waals surface area contributed by atoms with E-state index in [-0.39, 0.29) is 5.56 Å². The summed E-state index contributed by atoms with van der Waals surface area (Å²) in [6, 6.07) is 28.6. The molecule has 61 heavy (non-hydrogen) atoms. The second kappa shape index (κ2) is 17.3. The lowest BCUT2D eigenvalue weighted by atomic mass is 10.0. The van der Waals surface area contributed by atoms with E-state index >= 15 is 0 Å². The van der Waals surface area contributed by atoms with Crippen molar-refractivity contribution in [1.82, 2.24) is 9.97 Å². The van der Waals surface area contributed by atoms with Crippen LogP contribution < -0.4 is 0 Å². The number of halogens is 6. The monoisotopic (exact) mass is 868 g/mol. The first-order chi connectivity index (χ1) is 29.0. The lowest BCUT2D eigenvalue weighted by Crippen LogP contribution is -2.05. The molecule has 0 bridgehead atoms. The quantitative estimate of drug-likeness (QED) is 0.121. The molecular formula is C47H34F6N2O4S2. The molecule has 4 heterocycles. The highest BCUT2D eigenvalue weighted by molar-refractivity contribution is 7.20. The maximum atomic E-state index is 13.1. The zero-order valence-electron chi connectivity index (χ0n) is 32.6. The van der Waals surface area contributed by atoms with E-state index in [1.165, 1.54) is 72.4 Å². The number of carbonyl (C=O) groups excluding carboxylic acids is 1. The van der Waals surface area contributed by atoms with Crippen LogP contribution in [0, 0.1) is 13.8 Å². The number of hydrogen-bond donors (Lipinski definition) is 1. The molecule has 0 unspecified atom stereocenters.